The second kappa shape index (κ2) is 9.77. The summed E-state index contributed by atoms with van der Waals surface area (Å²) in [5.41, 5.74) is 6.88. The van der Waals surface area contributed by atoms with Gasteiger partial charge in [0, 0.05) is 24.4 Å². The lowest BCUT2D eigenvalue weighted by molar-refractivity contribution is -0.118. The van der Waals surface area contributed by atoms with E-state index in [0.717, 1.165) is 65.2 Å². The molecule has 0 spiro atoms. The summed E-state index contributed by atoms with van der Waals surface area (Å²) >= 11 is 0. The first kappa shape index (κ1) is 24.1. The smallest absolute Gasteiger partial charge is 0.226 e. The predicted molar refractivity (Wildman–Crippen MR) is 127 cm³/mol. The van der Waals surface area contributed by atoms with Crippen LogP contribution < -0.4 is 10.6 Å². The van der Waals surface area contributed by atoms with Crippen LogP contribution in [0.4, 0.5) is 5.69 Å². The van der Waals surface area contributed by atoms with Gasteiger partial charge in [0.05, 0.1) is 22.6 Å². The van der Waals surface area contributed by atoms with Gasteiger partial charge in [-0.1, -0.05) is 19.9 Å². The molecular weight excluding hydrogens is 421 g/mol. The SMILES string of the molecule is Cc1ccc(NC(=O)C(C)C)c2c(C)cc(-c3cc4n(n3)CCCNC4)nc12.Cl.Cl. The Morgan fingerprint density at radius 2 is 1.90 bits per heavy atom. The highest BCUT2D eigenvalue weighted by Gasteiger charge is 2.17. The van der Waals surface area contributed by atoms with Crippen LogP contribution in [0.3, 0.4) is 0 Å². The Morgan fingerprint density at radius 3 is 2.63 bits per heavy atom. The van der Waals surface area contributed by atoms with Gasteiger partial charge >= 0.3 is 0 Å². The maximum Gasteiger partial charge on any atom is 0.226 e. The number of nitrogens with zero attached hydrogens (tertiary/aromatic N) is 3. The maximum absolute atomic E-state index is 12.2. The number of pyridine rings is 1. The number of carbonyl (C=O) groups excluding carboxylic acids is 1. The summed E-state index contributed by atoms with van der Waals surface area (Å²) in [6.45, 7) is 10.7. The van der Waals surface area contributed by atoms with Crippen LogP contribution in [0.5, 0.6) is 0 Å². The number of anilines is 1. The second-order valence-corrected chi connectivity index (χ2v) is 7.90. The van der Waals surface area contributed by atoms with Gasteiger partial charge in [-0.2, -0.15) is 5.10 Å². The molecule has 30 heavy (non-hydrogen) atoms. The number of amides is 1. The summed E-state index contributed by atoms with van der Waals surface area (Å²) in [6, 6.07) is 8.19. The number of nitrogens with one attached hydrogen (secondary N) is 2. The number of halogens is 2. The van der Waals surface area contributed by atoms with Gasteiger partial charge in [-0.3, -0.25) is 9.48 Å². The fraction of sp³-hybridized carbons (Fsp3) is 0.409. The van der Waals surface area contributed by atoms with Gasteiger partial charge in [-0.15, -0.1) is 24.8 Å². The number of aryl methyl sites for hydroxylation is 3. The Balaban J connectivity index is 0.00000160. The molecule has 8 heteroatoms. The number of hydrogen-bond acceptors (Lipinski definition) is 4. The normalized spacial score (nSPS) is 13.2. The summed E-state index contributed by atoms with van der Waals surface area (Å²) in [5.74, 6) is -0.0579. The molecule has 3 heterocycles. The van der Waals surface area contributed by atoms with Crippen molar-refractivity contribution in [1.82, 2.24) is 20.1 Å². The van der Waals surface area contributed by atoms with Crippen molar-refractivity contribution in [3.8, 4) is 11.4 Å². The molecule has 0 radical (unpaired) electrons. The van der Waals surface area contributed by atoms with Gasteiger partial charge in [-0.05, 0) is 56.1 Å². The van der Waals surface area contributed by atoms with Gasteiger partial charge in [0.15, 0.2) is 0 Å². The summed E-state index contributed by atoms with van der Waals surface area (Å²) in [7, 11) is 0. The van der Waals surface area contributed by atoms with E-state index in [-0.39, 0.29) is 36.6 Å². The maximum atomic E-state index is 12.2. The zero-order valence-corrected chi connectivity index (χ0v) is 19.4. The average Bonchev–Trinajstić information content (AvgIpc) is 2.94. The highest BCUT2D eigenvalue weighted by atomic mass is 35.5. The Hall–Kier alpha value is -2.15. The zero-order valence-electron chi connectivity index (χ0n) is 17.8. The van der Waals surface area contributed by atoms with Crippen LogP contribution in [0.2, 0.25) is 0 Å². The van der Waals surface area contributed by atoms with Crippen molar-refractivity contribution in [2.45, 2.75) is 47.2 Å². The van der Waals surface area contributed by atoms with E-state index in [1.54, 1.807) is 0 Å². The topological polar surface area (TPSA) is 71.8 Å². The van der Waals surface area contributed by atoms with Gasteiger partial charge in [0.25, 0.3) is 0 Å². The lowest BCUT2D eigenvalue weighted by atomic mass is 10.0. The minimum Gasteiger partial charge on any atom is -0.325 e. The summed E-state index contributed by atoms with van der Waals surface area (Å²) in [5, 5.41) is 12.3. The summed E-state index contributed by atoms with van der Waals surface area (Å²) in [6.07, 6.45) is 1.08. The Bertz CT molecular complexity index is 1040. The third-order valence-electron chi connectivity index (χ3n) is 5.30. The van der Waals surface area contributed by atoms with E-state index in [1.807, 2.05) is 26.0 Å². The van der Waals surface area contributed by atoms with E-state index < -0.39 is 0 Å². The fourth-order valence-electron chi connectivity index (χ4n) is 3.67. The van der Waals surface area contributed by atoms with E-state index in [1.165, 1.54) is 5.69 Å². The van der Waals surface area contributed by atoms with Gasteiger partial charge in [-0.25, -0.2) is 4.98 Å². The standard InChI is InChI=1S/C22H27N5O.2ClH/c1-13(2)22(28)25-17-7-6-14(3)21-20(17)15(4)10-18(24-21)19-11-16-12-23-8-5-9-27(16)26-19;;/h6-7,10-11,13,23H,5,8-9,12H2,1-4H3,(H,25,28);2*1H. The molecule has 3 aromatic rings. The molecule has 1 aromatic carbocycles. The van der Waals surface area contributed by atoms with E-state index >= 15 is 0 Å². The van der Waals surface area contributed by atoms with Crippen LogP contribution in [0, 0.1) is 19.8 Å². The van der Waals surface area contributed by atoms with Crippen molar-refractivity contribution >= 4 is 47.3 Å². The van der Waals surface area contributed by atoms with Crippen molar-refractivity contribution in [3.05, 3.63) is 41.1 Å². The van der Waals surface area contributed by atoms with Crippen molar-refractivity contribution in [1.29, 1.82) is 0 Å². The van der Waals surface area contributed by atoms with Crippen LogP contribution in [-0.2, 0) is 17.9 Å². The number of aromatic nitrogens is 3. The number of rotatable bonds is 3. The molecule has 0 saturated carbocycles. The molecule has 2 aromatic heterocycles. The number of carbonyl (C=O) groups is 1. The van der Waals surface area contributed by atoms with Crippen LogP contribution in [0.25, 0.3) is 22.3 Å². The molecular formula is C22H29Cl2N5O. The van der Waals surface area contributed by atoms with Crippen molar-refractivity contribution in [2.75, 3.05) is 11.9 Å². The monoisotopic (exact) mass is 449 g/mol. The molecule has 2 N–H and O–H groups in total. The first-order valence-corrected chi connectivity index (χ1v) is 9.93. The van der Waals surface area contributed by atoms with Crippen molar-refractivity contribution in [2.24, 2.45) is 5.92 Å². The average molecular weight is 450 g/mol. The first-order valence-electron chi connectivity index (χ1n) is 9.93. The number of fused-ring (bicyclic) bond motifs is 2. The highest BCUT2D eigenvalue weighted by Crippen LogP contribution is 2.32. The van der Waals surface area contributed by atoms with Crippen molar-refractivity contribution < 1.29 is 4.79 Å². The van der Waals surface area contributed by atoms with Gasteiger partial charge in [0.1, 0.15) is 5.69 Å². The third kappa shape index (κ3) is 4.61. The zero-order chi connectivity index (χ0) is 19.8. The third-order valence-corrected chi connectivity index (χ3v) is 5.30. The lowest BCUT2D eigenvalue weighted by Gasteiger charge is -2.14. The summed E-state index contributed by atoms with van der Waals surface area (Å²) in [4.78, 5) is 17.2. The fourth-order valence-corrected chi connectivity index (χ4v) is 3.67. The molecule has 0 unspecified atom stereocenters. The van der Waals surface area contributed by atoms with E-state index in [2.05, 4.69) is 41.3 Å². The molecule has 4 rings (SSSR count). The molecule has 0 saturated heterocycles. The Labute approximate surface area is 189 Å². The largest absolute Gasteiger partial charge is 0.325 e. The number of benzene rings is 1. The first-order chi connectivity index (χ1) is 13.4. The molecule has 1 aliphatic heterocycles. The molecule has 1 amide bonds. The lowest BCUT2D eigenvalue weighted by Crippen LogP contribution is -2.18. The highest BCUT2D eigenvalue weighted by molar-refractivity contribution is 6.04. The van der Waals surface area contributed by atoms with Crippen LogP contribution in [-0.4, -0.2) is 27.2 Å². The van der Waals surface area contributed by atoms with Crippen LogP contribution in [0.1, 0.15) is 37.1 Å². The molecule has 0 aliphatic carbocycles. The Kier molecular flexibility index (Phi) is 7.86. The van der Waals surface area contributed by atoms with E-state index in [0.29, 0.717) is 0 Å². The summed E-state index contributed by atoms with van der Waals surface area (Å²) < 4.78 is 2.09. The quantitative estimate of drug-likeness (QED) is 0.610. The minimum atomic E-state index is -0.0709. The number of hydrogen-bond donors (Lipinski definition) is 2. The predicted octanol–water partition coefficient (Wildman–Crippen LogP) is 4.65. The molecule has 6 nitrogen and oxygen atoms in total. The second-order valence-electron chi connectivity index (χ2n) is 7.90. The van der Waals surface area contributed by atoms with Gasteiger partial charge < -0.3 is 10.6 Å². The van der Waals surface area contributed by atoms with Crippen LogP contribution >= 0.6 is 24.8 Å². The van der Waals surface area contributed by atoms with Gasteiger partial charge in [0.2, 0.25) is 5.91 Å². The van der Waals surface area contributed by atoms with Crippen molar-refractivity contribution in [3.63, 3.8) is 0 Å². The molecule has 0 bridgehead atoms. The van der Waals surface area contributed by atoms with Crippen LogP contribution in [0.15, 0.2) is 24.3 Å². The molecule has 0 fully saturated rings. The minimum absolute atomic E-state index is 0. The Morgan fingerprint density at radius 1 is 1.13 bits per heavy atom. The molecule has 0 atom stereocenters. The molecule has 162 valence electrons. The van der Waals surface area contributed by atoms with E-state index in [9.17, 15) is 4.79 Å². The van der Waals surface area contributed by atoms with E-state index in [4.69, 9.17) is 10.1 Å². The molecule has 1 aliphatic rings.